The molecule has 1 aliphatic carbocycles. The van der Waals surface area contributed by atoms with E-state index in [4.69, 9.17) is 11.6 Å². The Kier molecular flexibility index (Phi) is 6.38. The molecule has 0 heterocycles. The van der Waals surface area contributed by atoms with Gasteiger partial charge in [-0.25, -0.2) is 0 Å². The molecule has 0 amide bonds. The van der Waals surface area contributed by atoms with E-state index in [0.29, 0.717) is 5.92 Å². The second kappa shape index (κ2) is 8.05. The monoisotopic (exact) mass is 294 g/mol. The van der Waals surface area contributed by atoms with Crippen LogP contribution in [0.4, 0.5) is 0 Å². The van der Waals surface area contributed by atoms with E-state index in [1.54, 1.807) is 0 Å². The highest BCUT2D eigenvalue weighted by Gasteiger charge is 2.26. The predicted molar refractivity (Wildman–Crippen MR) is 86.1 cm³/mol. The fourth-order valence-corrected chi connectivity index (χ4v) is 3.64. The van der Waals surface area contributed by atoms with Crippen LogP contribution in [-0.2, 0) is 6.42 Å². The Bertz CT molecular complexity index is 396. The van der Waals surface area contributed by atoms with Crippen LogP contribution in [-0.4, -0.2) is 11.2 Å². The summed E-state index contributed by atoms with van der Waals surface area (Å²) < 4.78 is 0. The van der Waals surface area contributed by atoms with Crippen molar-refractivity contribution in [1.82, 2.24) is 0 Å². The van der Waals surface area contributed by atoms with Gasteiger partial charge < -0.3 is 5.11 Å². The first kappa shape index (κ1) is 15.9. The quantitative estimate of drug-likeness (QED) is 0.760. The van der Waals surface area contributed by atoms with E-state index in [1.165, 1.54) is 44.9 Å². The Balaban J connectivity index is 1.78. The molecule has 112 valence electrons. The Labute approximate surface area is 128 Å². The van der Waals surface area contributed by atoms with Crippen molar-refractivity contribution >= 4 is 11.6 Å². The van der Waals surface area contributed by atoms with Gasteiger partial charge in [0.05, 0.1) is 6.10 Å². The van der Waals surface area contributed by atoms with Crippen LogP contribution in [0.2, 0.25) is 5.02 Å². The fraction of sp³-hybridized carbons (Fsp3) is 0.667. The molecule has 1 nitrogen and oxygen atoms in total. The third-order valence-electron chi connectivity index (χ3n) is 4.74. The molecule has 1 fully saturated rings. The minimum atomic E-state index is -0.208. The molecule has 20 heavy (non-hydrogen) atoms. The second-order valence-electron chi connectivity index (χ2n) is 6.32. The van der Waals surface area contributed by atoms with Gasteiger partial charge in [-0.05, 0) is 48.8 Å². The maximum absolute atomic E-state index is 10.4. The first-order valence-electron chi connectivity index (χ1n) is 8.11. The highest BCUT2D eigenvalue weighted by molar-refractivity contribution is 6.30. The molecule has 2 rings (SSSR count). The summed E-state index contributed by atoms with van der Waals surface area (Å²) in [5.74, 6) is 1.39. The van der Waals surface area contributed by atoms with Gasteiger partial charge in [0.15, 0.2) is 0 Å². The highest BCUT2D eigenvalue weighted by atomic mass is 35.5. The highest BCUT2D eigenvalue weighted by Crippen LogP contribution is 2.34. The summed E-state index contributed by atoms with van der Waals surface area (Å²) in [7, 11) is 0. The molecule has 1 aromatic rings. The van der Waals surface area contributed by atoms with Gasteiger partial charge in [-0.1, -0.05) is 62.8 Å². The zero-order valence-electron chi connectivity index (χ0n) is 12.5. The molecule has 1 aliphatic rings. The summed E-state index contributed by atoms with van der Waals surface area (Å²) in [5, 5.41) is 11.2. The van der Waals surface area contributed by atoms with E-state index in [-0.39, 0.29) is 6.10 Å². The summed E-state index contributed by atoms with van der Waals surface area (Å²) >= 11 is 6.00. The van der Waals surface area contributed by atoms with Crippen molar-refractivity contribution in [3.8, 4) is 0 Å². The van der Waals surface area contributed by atoms with Gasteiger partial charge in [-0.3, -0.25) is 0 Å². The van der Waals surface area contributed by atoms with Crippen LogP contribution in [0.15, 0.2) is 24.3 Å². The normalized spacial score (nSPS) is 24.6. The second-order valence-corrected chi connectivity index (χ2v) is 6.76. The Morgan fingerprint density at radius 2 is 2.00 bits per heavy atom. The molecule has 1 saturated carbocycles. The molecule has 0 bridgehead atoms. The van der Waals surface area contributed by atoms with Crippen LogP contribution in [0.25, 0.3) is 0 Å². The number of halogens is 1. The number of aliphatic hydroxyl groups is 1. The fourth-order valence-electron chi connectivity index (χ4n) is 3.43. The van der Waals surface area contributed by atoms with Gasteiger partial charge in [-0.2, -0.15) is 0 Å². The number of rotatable bonds is 6. The average Bonchev–Trinajstić information content (AvgIpc) is 2.45. The largest absolute Gasteiger partial charge is 0.392 e. The molecule has 1 atom stereocenters. The van der Waals surface area contributed by atoms with E-state index in [9.17, 15) is 5.11 Å². The summed E-state index contributed by atoms with van der Waals surface area (Å²) in [4.78, 5) is 0. The Hall–Kier alpha value is -0.530. The summed E-state index contributed by atoms with van der Waals surface area (Å²) in [6.07, 6.45) is 9.57. The van der Waals surface area contributed by atoms with Crippen molar-refractivity contribution in [3.05, 3.63) is 34.9 Å². The number of aliphatic hydroxyl groups excluding tert-OH is 1. The molecule has 1 aromatic carbocycles. The van der Waals surface area contributed by atoms with Crippen LogP contribution in [0.3, 0.4) is 0 Å². The smallest absolute Gasteiger partial charge is 0.0608 e. The van der Waals surface area contributed by atoms with Crippen molar-refractivity contribution in [2.75, 3.05) is 0 Å². The minimum Gasteiger partial charge on any atom is -0.392 e. The van der Waals surface area contributed by atoms with Gasteiger partial charge in [0.25, 0.3) is 0 Å². The third-order valence-corrected chi connectivity index (χ3v) is 4.97. The number of hydrogen-bond donors (Lipinski definition) is 1. The third kappa shape index (κ3) is 4.79. The van der Waals surface area contributed by atoms with E-state index in [2.05, 4.69) is 13.0 Å². The zero-order chi connectivity index (χ0) is 14.4. The van der Waals surface area contributed by atoms with Gasteiger partial charge in [0.2, 0.25) is 0 Å². The SMILES string of the molecule is CCCCC1CCC(C(O)Cc2cccc(Cl)c2)CC1. The van der Waals surface area contributed by atoms with Crippen molar-refractivity contribution < 1.29 is 5.11 Å². The molecule has 1 unspecified atom stereocenters. The van der Waals surface area contributed by atoms with Crippen molar-refractivity contribution in [1.29, 1.82) is 0 Å². The molecular weight excluding hydrogens is 268 g/mol. The molecule has 0 aliphatic heterocycles. The number of benzene rings is 1. The number of hydrogen-bond acceptors (Lipinski definition) is 1. The molecular formula is C18H27ClO. The van der Waals surface area contributed by atoms with Crippen molar-refractivity contribution in [3.63, 3.8) is 0 Å². The van der Waals surface area contributed by atoms with Gasteiger partial charge >= 0.3 is 0 Å². The van der Waals surface area contributed by atoms with Gasteiger partial charge in [-0.15, -0.1) is 0 Å². The number of unbranched alkanes of at least 4 members (excludes halogenated alkanes) is 1. The molecule has 0 spiro atoms. The lowest BCUT2D eigenvalue weighted by atomic mass is 9.76. The molecule has 2 heteroatoms. The Morgan fingerprint density at radius 3 is 2.65 bits per heavy atom. The van der Waals surface area contributed by atoms with Crippen molar-refractivity contribution in [2.45, 2.75) is 64.4 Å². The first-order valence-corrected chi connectivity index (χ1v) is 8.49. The van der Waals surface area contributed by atoms with Crippen LogP contribution < -0.4 is 0 Å². The topological polar surface area (TPSA) is 20.2 Å². The first-order chi connectivity index (χ1) is 9.69. The predicted octanol–water partition coefficient (Wildman–Crippen LogP) is 5.24. The summed E-state index contributed by atoms with van der Waals surface area (Å²) in [6, 6.07) is 7.88. The van der Waals surface area contributed by atoms with E-state index < -0.39 is 0 Å². The lowest BCUT2D eigenvalue weighted by Crippen LogP contribution is -2.27. The van der Waals surface area contributed by atoms with E-state index >= 15 is 0 Å². The summed E-state index contributed by atoms with van der Waals surface area (Å²) in [5.41, 5.74) is 1.15. The minimum absolute atomic E-state index is 0.208. The van der Waals surface area contributed by atoms with Crippen LogP contribution in [0, 0.1) is 11.8 Å². The molecule has 0 saturated heterocycles. The van der Waals surface area contributed by atoms with Crippen LogP contribution in [0.1, 0.15) is 57.4 Å². The van der Waals surface area contributed by atoms with Crippen molar-refractivity contribution in [2.24, 2.45) is 11.8 Å². The summed E-state index contributed by atoms with van der Waals surface area (Å²) in [6.45, 7) is 2.26. The standard InChI is InChI=1S/C18H27ClO/c1-2-3-5-14-8-10-16(11-9-14)18(20)13-15-6-4-7-17(19)12-15/h4,6-7,12,14,16,18,20H,2-3,5,8-11,13H2,1H3. The van der Waals surface area contributed by atoms with Crippen LogP contribution in [0.5, 0.6) is 0 Å². The zero-order valence-corrected chi connectivity index (χ0v) is 13.3. The maximum atomic E-state index is 10.4. The lowest BCUT2D eigenvalue weighted by molar-refractivity contribution is 0.0726. The molecule has 0 radical (unpaired) electrons. The van der Waals surface area contributed by atoms with E-state index in [0.717, 1.165) is 22.9 Å². The average molecular weight is 295 g/mol. The van der Waals surface area contributed by atoms with Gasteiger partial charge in [0.1, 0.15) is 0 Å². The van der Waals surface area contributed by atoms with Crippen LogP contribution >= 0.6 is 11.6 Å². The lowest BCUT2D eigenvalue weighted by Gasteiger charge is -2.31. The van der Waals surface area contributed by atoms with Gasteiger partial charge in [0, 0.05) is 5.02 Å². The molecule has 1 N–H and O–H groups in total. The maximum Gasteiger partial charge on any atom is 0.0608 e. The van der Waals surface area contributed by atoms with E-state index in [1.807, 2.05) is 18.2 Å². The molecule has 0 aromatic heterocycles. The Morgan fingerprint density at radius 1 is 1.25 bits per heavy atom.